The lowest BCUT2D eigenvalue weighted by Gasteiger charge is -2.31. The molecule has 1 aliphatic heterocycles. The van der Waals surface area contributed by atoms with Crippen LogP contribution >= 0.6 is 0 Å². The van der Waals surface area contributed by atoms with E-state index in [-0.39, 0.29) is 10.8 Å². The fourth-order valence-corrected chi connectivity index (χ4v) is 5.26. The van der Waals surface area contributed by atoms with Crippen LogP contribution in [-0.4, -0.2) is 62.5 Å². The Bertz CT molecular complexity index is 954. The lowest BCUT2D eigenvalue weighted by atomic mass is 10.1. The lowest BCUT2D eigenvalue weighted by molar-refractivity contribution is -0.0575. The summed E-state index contributed by atoms with van der Waals surface area (Å²) in [7, 11) is -3.77. The van der Waals surface area contributed by atoms with E-state index < -0.39 is 16.3 Å². The van der Waals surface area contributed by atoms with Crippen LogP contribution in [0.2, 0.25) is 0 Å². The standard InChI is InChI=1S/C24H35N3O4S/c1-18(2)17-27(23-10-7-21(16-25-23)19(3)4)32(29,30)22-8-5-20(6-9-22)15-24(28)26-11-13-31-14-12-26/h5-10,16,18-19,24,28H,11-15,17H2,1-4H3. The molecule has 0 bridgehead atoms. The number of aromatic nitrogens is 1. The van der Waals surface area contributed by atoms with E-state index in [4.69, 9.17) is 4.74 Å². The second kappa shape index (κ2) is 10.7. The molecule has 0 aliphatic carbocycles. The molecule has 1 aliphatic rings. The Morgan fingerprint density at radius 2 is 1.72 bits per heavy atom. The molecule has 0 amide bonds. The molecule has 7 nitrogen and oxygen atoms in total. The fourth-order valence-electron chi connectivity index (χ4n) is 3.67. The van der Waals surface area contributed by atoms with Gasteiger partial charge in [-0.2, -0.15) is 0 Å². The van der Waals surface area contributed by atoms with Crippen LogP contribution in [0.15, 0.2) is 47.5 Å². The molecule has 2 aromatic rings. The summed E-state index contributed by atoms with van der Waals surface area (Å²) in [5, 5.41) is 10.5. The van der Waals surface area contributed by atoms with E-state index in [1.54, 1.807) is 36.5 Å². The van der Waals surface area contributed by atoms with Crippen molar-refractivity contribution in [2.75, 3.05) is 37.2 Å². The van der Waals surface area contributed by atoms with Gasteiger partial charge in [-0.3, -0.25) is 4.90 Å². The highest BCUT2D eigenvalue weighted by Gasteiger charge is 2.27. The normalized spacial score (nSPS) is 16.5. The van der Waals surface area contributed by atoms with Crippen LogP contribution in [0, 0.1) is 5.92 Å². The number of rotatable bonds is 9. The maximum absolute atomic E-state index is 13.5. The summed E-state index contributed by atoms with van der Waals surface area (Å²) in [6.45, 7) is 11.1. The molecule has 8 heteroatoms. The van der Waals surface area contributed by atoms with E-state index in [2.05, 4.69) is 18.8 Å². The maximum Gasteiger partial charge on any atom is 0.265 e. The van der Waals surface area contributed by atoms with Gasteiger partial charge in [-0.25, -0.2) is 17.7 Å². The number of hydrogen-bond acceptors (Lipinski definition) is 6. The minimum Gasteiger partial charge on any atom is -0.379 e. The Balaban J connectivity index is 1.79. The van der Waals surface area contributed by atoms with E-state index in [0.717, 1.165) is 11.1 Å². The first-order valence-electron chi connectivity index (χ1n) is 11.3. The molecule has 32 heavy (non-hydrogen) atoms. The van der Waals surface area contributed by atoms with Crippen molar-refractivity contribution >= 4 is 15.8 Å². The average molecular weight is 462 g/mol. The minimum absolute atomic E-state index is 0.138. The third-order valence-corrected chi connectivity index (χ3v) is 7.41. The molecule has 0 spiro atoms. The third kappa shape index (κ3) is 6.07. The zero-order valence-corrected chi connectivity index (χ0v) is 20.3. The quantitative estimate of drug-likeness (QED) is 0.617. The van der Waals surface area contributed by atoms with Crippen LogP contribution in [0.25, 0.3) is 0 Å². The van der Waals surface area contributed by atoms with Gasteiger partial charge in [0.05, 0.1) is 18.1 Å². The van der Waals surface area contributed by atoms with Crippen molar-refractivity contribution in [3.8, 4) is 0 Å². The number of aliphatic hydroxyl groups is 1. The number of benzene rings is 1. The fraction of sp³-hybridized carbons (Fsp3) is 0.542. The van der Waals surface area contributed by atoms with Gasteiger partial charge in [0.1, 0.15) is 12.0 Å². The summed E-state index contributed by atoms with van der Waals surface area (Å²) >= 11 is 0. The number of ether oxygens (including phenoxy) is 1. The van der Waals surface area contributed by atoms with Crippen molar-refractivity contribution < 1.29 is 18.3 Å². The van der Waals surface area contributed by atoms with Gasteiger partial charge in [-0.1, -0.05) is 45.9 Å². The van der Waals surface area contributed by atoms with Crippen LogP contribution in [-0.2, 0) is 21.2 Å². The number of hydrogen-bond donors (Lipinski definition) is 1. The average Bonchev–Trinajstić information content (AvgIpc) is 2.78. The van der Waals surface area contributed by atoms with Crippen LogP contribution in [0.1, 0.15) is 44.7 Å². The highest BCUT2D eigenvalue weighted by molar-refractivity contribution is 7.92. The summed E-state index contributed by atoms with van der Waals surface area (Å²) in [5.41, 5.74) is 1.96. The van der Waals surface area contributed by atoms with Crippen LogP contribution in [0.4, 0.5) is 5.82 Å². The zero-order valence-electron chi connectivity index (χ0n) is 19.4. The number of sulfonamides is 1. The van der Waals surface area contributed by atoms with Gasteiger partial charge in [0, 0.05) is 32.3 Å². The topological polar surface area (TPSA) is 83.0 Å². The molecule has 176 valence electrons. The molecule has 3 rings (SSSR count). The van der Waals surface area contributed by atoms with Gasteiger partial charge in [0.2, 0.25) is 0 Å². The van der Waals surface area contributed by atoms with Gasteiger partial charge in [0.25, 0.3) is 10.0 Å². The lowest BCUT2D eigenvalue weighted by Crippen LogP contribution is -2.44. The van der Waals surface area contributed by atoms with Crippen LogP contribution in [0.5, 0.6) is 0 Å². The first-order valence-corrected chi connectivity index (χ1v) is 12.7. The van der Waals surface area contributed by atoms with Crippen LogP contribution < -0.4 is 4.31 Å². The summed E-state index contributed by atoms with van der Waals surface area (Å²) in [5.74, 6) is 0.890. The summed E-state index contributed by atoms with van der Waals surface area (Å²) in [4.78, 5) is 6.65. The highest BCUT2D eigenvalue weighted by atomic mass is 32.2. The molecule has 1 N–H and O–H groups in total. The Labute approximate surface area is 192 Å². The second-order valence-electron chi connectivity index (χ2n) is 9.01. The van der Waals surface area contributed by atoms with Crippen LogP contribution in [0.3, 0.4) is 0 Å². The predicted molar refractivity (Wildman–Crippen MR) is 126 cm³/mol. The highest BCUT2D eigenvalue weighted by Crippen LogP contribution is 2.25. The molecule has 1 aromatic heterocycles. The van der Waals surface area contributed by atoms with Crippen molar-refractivity contribution in [2.24, 2.45) is 5.92 Å². The summed E-state index contributed by atoms with van der Waals surface area (Å²) in [6.07, 6.45) is 1.58. The van der Waals surface area contributed by atoms with E-state index in [1.807, 2.05) is 24.8 Å². The molecule has 1 atom stereocenters. The first-order chi connectivity index (χ1) is 15.2. The predicted octanol–water partition coefficient (Wildman–Crippen LogP) is 3.25. The number of pyridine rings is 1. The van der Waals surface area contributed by atoms with E-state index in [0.29, 0.717) is 51.0 Å². The van der Waals surface area contributed by atoms with E-state index in [9.17, 15) is 13.5 Å². The molecule has 1 fully saturated rings. The van der Waals surface area contributed by atoms with Gasteiger partial charge in [0.15, 0.2) is 0 Å². The molecular weight excluding hydrogens is 426 g/mol. The Morgan fingerprint density at radius 3 is 2.25 bits per heavy atom. The van der Waals surface area contributed by atoms with Gasteiger partial charge in [-0.05, 0) is 41.2 Å². The van der Waals surface area contributed by atoms with Crippen molar-refractivity contribution in [3.63, 3.8) is 0 Å². The van der Waals surface area contributed by atoms with Crippen molar-refractivity contribution in [1.82, 2.24) is 9.88 Å². The minimum atomic E-state index is -3.77. The smallest absolute Gasteiger partial charge is 0.265 e. The number of nitrogens with zero attached hydrogens (tertiary/aromatic N) is 3. The molecule has 1 unspecified atom stereocenters. The molecule has 1 saturated heterocycles. The Kier molecular flexibility index (Phi) is 8.27. The first kappa shape index (κ1) is 24.6. The molecule has 2 heterocycles. The molecule has 0 radical (unpaired) electrons. The zero-order chi connectivity index (χ0) is 23.3. The summed E-state index contributed by atoms with van der Waals surface area (Å²) in [6, 6.07) is 10.5. The number of morpholine rings is 1. The second-order valence-corrected chi connectivity index (χ2v) is 10.9. The maximum atomic E-state index is 13.5. The Hall–Kier alpha value is -2.00. The van der Waals surface area contributed by atoms with Crippen molar-refractivity contribution in [1.29, 1.82) is 0 Å². The van der Waals surface area contributed by atoms with Crippen molar-refractivity contribution in [2.45, 2.75) is 51.2 Å². The number of anilines is 1. The molecular formula is C24H35N3O4S. The largest absolute Gasteiger partial charge is 0.379 e. The van der Waals surface area contributed by atoms with Gasteiger partial charge < -0.3 is 9.84 Å². The van der Waals surface area contributed by atoms with Gasteiger partial charge in [-0.15, -0.1) is 0 Å². The molecule has 1 aromatic carbocycles. The van der Waals surface area contributed by atoms with Gasteiger partial charge >= 0.3 is 0 Å². The monoisotopic (exact) mass is 461 g/mol. The van der Waals surface area contributed by atoms with E-state index in [1.165, 1.54) is 4.31 Å². The SMILES string of the molecule is CC(C)CN(c1ccc(C(C)C)cn1)S(=O)(=O)c1ccc(CC(O)N2CCOCC2)cc1. The summed E-state index contributed by atoms with van der Waals surface area (Å²) < 4.78 is 33.7. The number of aliphatic hydroxyl groups excluding tert-OH is 1. The molecule has 0 saturated carbocycles. The Morgan fingerprint density at radius 1 is 1.06 bits per heavy atom. The van der Waals surface area contributed by atoms with Crippen molar-refractivity contribution in [3.05, 3.63) is 53.7 Å². The third-order valence-electron chi connectivity index (χ3n) is 5.62. The van der Waals surface area contributed by atoms with E-state index >= 15 is 0 Å².